The third-order valence-electron chi connectivity index (χ3n) is 6.64. The van der Waals surface area contributed by atoms with E-state index in [9.17, 15) is 14.4 Å². The number of carbonyl (C=O) groups is 3. The summed E-state index contributed by atoms with van der Waals surface area (Å²) in [6, 6.07) is 6.80. The molecule has 2 heterocycles. The maximum absolute atomic E-state index is 13.1. The number of hydrogen-bond acceptors (Lipinski definition) is 6. The summed E-state index contributed by atoms with van der Waals surface area (Å²) in [5, 5.41) is 0. The minimum absolute atomic E-state index is 0.157. The Morgan fingerprint density at radius 1 is 0.967 bits per heavy atom. The summed E-state index contributed by atoms with van der Waals surface area (Å²) in [6.07, 6.45) is 6.80. The van der Waals surface area contributed by atoms with Gasteiger partial charge in [-0.25, -0.2) is 9.69 Å². The molecule has 1 atom stereocenters. The van der Waals surface area contributed by atoms with Crippen LogP contribution in [0, 0.1) is 0 Å². The van der Waals surface area contributed by atoms with Gasteiger partial charge in [-0.1, -0.05) is 19.3 Å². The number of anilines is 1. The molecule has 1 aromatic rings. The fraction of sp³-hybridized carbons (Fsp3) is 0.609. The minimum Gasteiger partial charge on any atom is -0.462 e. The Balaban J connectivity index is 1.38. The van der Waals surface area contributed by atoms with Crippen LogP contribution in [-0.2, 0) is 14.3 Å². The number of carbonyl (C=O) groups excluding carboxylic acids is 3. The fourth-order valence-electron chi connectivity index (χ4n) is 4.99. The van der Waals surface area contributed by atoms with Crippen LogP contribution in [0.5, 0.6) is 0 Å². The molecule has 0 spiro atoms. The van der Waals surface area contributed by atoms with Crippen LogP contribution < -0.4 is 4.90 Å². The van der Waals surface area contributed by atoms with Crippen LogP contribution in [0.3, 0.4) is 0 Å². The van der Waals surface area contributed by atoms with E-state index in [-0.39, 0.29) is 24.3 Å². The Bertz CT molecular complexity index is 780. The molecule has 0 unspecified atom stereocenters. The number of imide groups is 1. The van der Waals surface area contributed by atoms with Crippen molar-refractivity contribution >= 4 is 23.5 Å². The highest BCUT2D eigenvalue weighted by atomic mass is 16.5. The largest absolute Gasteiger partial charge is 0.462 e. The van der Waals surface area contributed by atoms with E-state index in [2.05, 4.69) is 9.80 Å². The van der Waals surface area contributed by atoms with E-state index >= 15 is 0 Å². The third kappa shape index (κ3) is 4.27. The number of ether oxygens (including phenoxy) is 1. The van der Waals surface area contributed by atoms with E-state index in [0.717, 1.165) is 26.2 Å². The summed E-state index contributed by atoms with van der Waals surface area (Å²) in [5.74, 6) is -0.740. The molecular weight excluding hydrogens is 382 g/mol. The maximum Gasteiger partial charge on any atom is 0.338 e. The quantitative estimate of drug-likeness (QED) is 0.546. The lowest BCUT2D eigenvalue weighted by Gasteiger charge is -2.42. The topological polar surface area (TPSA) is 70.2 Å². The predicted molar refractivity (Wildman–Crippen MR) is 113 cm³/mol. The van der Waals surface area contributed by atoms with Crippen molar-refractivity contribution in [3.05, 3.63) is 29.8 Å². The van der Waals surface area contributed by atoms with E-state index < -0.39 is 5.97 Å². The van der Waals surface area contributed by atoms with Crippen LogP contribution in [-0.4, -0.2) is 72.5 Å². The second-order valence-electron chi connectivity index (χ2n) is 8.42. The van der Waals surface area contributed by atoms with Gasteiger partial charge in [0.25, 0.3) is 5.91 Å². The van der Waals surface area contributed by atoms with Crippen molar-refractivity contribution < 1.29 is 19.1 Å². The van der Waals surface area contributed by atoms with Gasteiger partial charge in [0.1, 0.15) is 0 Å². The first-order chi connectivity index (χ1) is 14.6. The van der Waals surface area contributed by atoms with E-state index in [1.807, 2.05) is 0 Å². The molecule has 7 nitrogen and oxygen atoms in total. The lowest BCUT2D eigenvalue weighted by Crippen LogP contribution is -2.55. The molecule has 3 fully saturated rings. The van der Waals surface area contributed by atoms with Crippen molar-refractivity contribution in [1.29, 1.82) is 0 Å². The minimum atomic E-state index is -0.406. The average Bonchev–Trinajstić information content (AvgIpc) is 3.08. The van der Waals surface area contributed by atoms with Gasteiger partial charge in [0.15, 0.2) is 0 Å². The summed E-state index contributed by atoms with van der Waals surface area (Å²) in [5.41, 5.74) is 0.927. The van der Waals surface area contributed by atoms with Crippen molar-refractivity contribution in [2.24, 2.45) is 0 Å². The molecule has 3 aliphatic rings. The van der Waals surface area contributed by atoms with Gasteiger partial charge in [-0.15, -0.1) is 0 Å². The first-order valence-electron chi connectivity index (χ1n) is 11.2. The zero-order chi connectivity index (χ0) is 21.1. The van der Waals surface area contributed by atoms with E-state index in [1.54, 1.807) is 31.2 Å². The summed E-state index contributed by atoms with van der Waals surface area (Å²) >= 11 is 0. The molecule has 1 aromatic carbocycles. The van der Waals surface area contributed by atoms with E-state index in [4.69, 9.17) is 4.74 Å². The summed E-state index contributed by atoms with van der Waals surface area (Å²) in [6.45, 7) is 5.65. The lowest BCUT2D eigenvalue weighted by molar-refractivity contribution is -0.123. The van der Waals surface area contributed by atoms with Crippen molar-refractivity contribution in [3.8, 4) is 0 Å². The molecule has 4 rings (SSSR count). The molecule has 162 valence electrons. The number of nitrogens with zero attached hydrogens (tertiary/aromatic N) is 3. The second-order valence-corrected chi connectivity index (χ2v) is 8.42. The Morgan fingerprint density at radius 2 is 1.60 bits per heavy atom. The molecule has 7 heteroatoms. The molecule has 1 aliphatic carbocycles. The first-order valence-corrected chi connectivity index (χ1v) is 11.2. The third-order valence-corrected chi connectivity index (χ3v) is 6.64. The smallest absolute Gasteiger partial charge is 0.338 e. The van der Waals surface area contributed by atoms with Gasteiger partial charge < -0.3 is 4.74 Å². The van der Waals surface area contributed by atoms with Crippen molar-refractivity contribution in [1.82, 2.24) is 9.80 Å². The van der Waals surface area contributed by atoms with Crippen molar-refractivity contribution in [2.45, 2.75) is 57.5 Å². The van der Waals surface area contributed by atoms with Gasteiger partial charge >= 0.3 is 5.97 Å². The van der Waals surface area contributed by atoms with E-state index in [0.29, 0.717) is 23.9 Å². The normalized spacial score (nSPS) is 24.4. The number of esters is 1. The molecule has 0 aromatic heterocycles. The highest BCUT2D eigenvalue weighted by Gasteiger charge is 2.43. The number of benzene rings is 1. The highest BCUT2D eigenvalue weighted by molar-refractivity contribution is 6.22. The fourth-order valence-corrected chi connectivity index (χ4v) is 4.99. The molecule has 1 saturated carbocycles. The van der Waals surface area contributed by atoms with Crippen LogP contribution in [0.2, 0.25) is 0 Å². The van der Waals surface area contributed by atoms with Crippen molar-refractivity contribution in [2.75, 3.05) is 37.7 Å². The number of rotatable bonds is 5. The van der Waals surface area contributed by atoms with Crippen LogP contribution in [0.25, 0.3) is 0 Å². The Labute approximate surface area is 177 Å². The molecule has 2 aliphatic heterocycles. The zero-order valence-corrected chi connectivity index (χ0v) is 17.7. The van der Waals surface area contributed by atoms with Gasteiger partial charge in [-0.2, -0.15) is 0 Å². The number of piperazine rings is 1. The second kappa shape index (κ2) is 9.27. The molecule has 0 N–H and O–H groups in total. The van der Waals surface area contributed by atoms with Gasteiger partial charge in [0.2, 0.25) is 5.91 Å². The van der Waals surface area contributed by atoms with Gasteiger partial charge in [-0.05, 0) is 44.0 Å². The number of amides is 2. The van der Waals surface area contributed by atoms with Crippen LogP contribution in [0.4, 0.5) is 5.69 Å². The first kappa shape index (κ1) is 21.0. The molecule has 0 bridgehead atoms. The molecule has 2 amide bonds. The number of hydrogen-bond donors (Lipinski definition) is 0. The molecular formula is C23H31N3O4. The standard InChI is InChI=1S/C23H31N3O4/c1-2-30-23(29)17-8-10-19(11-9-17)26-21(27)16-20(22(26)28)25-14-12-24(13-15-25)18-6-4-3-5-7-18/h8-11,18,20H,2-7,12-16H2,1H3/t20-/m1/s1. The summed E-state index contributed by atoms with van der Waals surface area (Å²) in [4.78, 5) is 43.6. The van der Waals surface area contributed by atoms with Crippen molar-refractivity contribution in [3.63, 3.8) is 0 Å². The predicted octanol–water partition coefficient (Wildman–Crippen LogP) is 2.45. The summed E-state index contributed by atoms with van der Waals surface area (Å²) < 4.78 is 4.99. The molecule has 0 radical (unpaired) electrons. The Hall–Kier alpha value is -2.25. The van der Waals surface area contributed by atoms with Gasteiger partial charge in [0.05, 0.1) is 30.3 Å². The monoisotopic (exact) mass is 413 g/mol. The van der Waals surface area contributed by atoms with Gasteiger partial charge in [-0.3, -0.25) is 19.4 Å². The Morgan fingerprint density at radius 3 is 2.23 bits per heavy atom. The van der Waals surface area contributed by atoms with Gasteiger partial charge in [0, 0.05) is 32.2 Å². The SMILES string of the molecule is CCOC(=O)c1ccc(N2C(=O)C[C@@H](N3CCN(C4CCCCC4)CC3)C2=O)cc1. The average molecular weight is 414 g/mol. The molecule has 2 saturated heterocycles. The van der Waals surface area contributed by atoms with Crippen LogP contribution >= 0.6 is 0 Å². The van der Waals surface area contributed by atoms with E-state index in [1.165, 1.54) is 37.0 Å². The summed E-state index contributed by atoms with van der Waals surface area (Å²) in [7, 11) is 0. The van der Waals surface area contributed by atoms with Crippen LogP contribution in [0.1, 0.15) is 55.8 Å². The maximum atomic E-state index is 13.1. The Kier molecular flexibility index (Phi) is 6.49. The molecule has 30 heavy (non-hydrogen) atoms. The highest BCUT2D eigenvalue weighted by Crippen LogP contribution is 2.28. The lowest BCUT2D eigenvalue weighted by atomic mass is 9.93. The zero-order valence-electron chi connectivity index (χ0n) is 17.7. The van der Waals surface area contributed by atoms with Crippen LogP contribution in [0.15, 0.2) is 24.3 Å².